The molecule has 0 radical (unpaired) electrons. The van der Waals surface area contributed by atoms with E-state index in [1.54, 1.807) is 24.4 Å². The van der Waals surface area contributed by atoms with Crippen LogP contribution in [0.4, 0.5) is 11.6 Å². The van der Waals surface area contributed by atoms with Gasteiger partial charge in [-0.1, -0.05) is 48.0 Å². The second-order valence-electron chi connectivity index (χ2n) is 5.51. The molecule has 0 saturated heterocycles. The van der Waals surface area contributed by atoms with Crippen molar-refractivity contribution >= 4 is 29.1 Å². The van der Waals surface area contributed by atoms with Crippen LogP contribution < -0.4 is 10.6 Å². The lowest BCUT2D eigenvalue weighted by molar-refractivity contribution is 0.0935. The van der Waals surface area contributed by atoms with E-state index in [4.69, 9.17) is 11.6 Å². The van der Waals surface area contributed by atoms with Crippen molar-refractivity contribution in [3.63, 3.8) is 0 Å². The first-order chi connectivity index (χ1) is 12.1. The van der Waals surface area contributed by atoms with Crippen molar-refractivity contribution in [3.8, 4) is 0 Å². The smallest absolute Gasteiger partial charge is 0.270 e. The minimum absolute atomic E-state index is 0.118. The summed E-state index contributed by atoms with van der Waals surface area (Å²) in [6.45, 7) is 1.93. The third kappa shape index (κ3) is 4.55. The molecule has 1 unspecified atom stereocenters. The molecule has 3 rings (SSSR count). The SMILES string of the molecule is CC(NC(=O)c1ccnc(Nc2cccc(Cl)c2)n1)c1ccccc1. The summed E-state index contributed by atoms with van der Waals surface area (Å²) in [6.07, 6.45) is 1.54. The molecule has 5 nitrogen and oxygen atoms in total. The van der Waals surface area contributed by atoms with E-state index >= 15 is 0 Å². The van der Waals surface area contributed by atoms with Crippen molar-refractivity contribution < 1.29 is 4.79 Å². The van der Waals surface area contributed by atoms with Crippen LogP contribution in [-0.4, -0.2) is 15.9 Å². The molecule has 1 heterocycles. The van der Waals surface area contributed by atoms with Gasteiger partial charge in [0.05, 0.1) is 6.04 Å². The van der Waals surface area contributed by atoms with Gasteiger partial charge in [-0.2, -0.15) is 0 Å². The number of nitrogens with zero attached hydrogens (tertiary/aromatic N) is 2. The molecule has 2 aromatic carbocycles. The van der Waals surface area contributed by atoms with Crippen LogP contribution in [0.1, 0.15) is 29.0 Å². The summed E-state index contributed by atoms with van der Waals surface area (Å²) in [6, 6.07) is 18.4. The number of carbonyl (C=O) groups is 1. The summed E-state index contributed by atoms with van der Waals surface area (Å²) >= 11 is 5.96. The molecule has 1 aromatic heterocycles. The Morgan fingerprint density at radius 2 is 1.88 bits per heavy atom. The predicted molar refractivity (Wildman–Crippen MR) is 99.1 cm³/mol. The molecular formula is C19H17ClN4O. The highest BCUT2D eigenvalue weighted by Gasteiger charge is 2.13. The van der Waals surface area contributed by atoms with Gasteiger partial charge >= 0.3 is 0 Å². The van der Waals surface area contributed by atoms with Crippen LogP contribution in [0.15, 0.2) is 66.9 Å². The van der Waals surface area contributed by atoms with Crippen LogP contribution in [0.3, 0.4) is 0 Å². The van der Waals surface area contributed by atoms with Crippen molar-refractivity contribution in [1.82, 2.24) is 15.3 Å². The number of carbonyl (C=O) groups excluding carboxylic acids is 1. The van der Waals surface area contributed by atoms with Gasteiger partial charge in [0.25, 0.3) is 5.91 Å². The van der Waals surface area contributed by atoms with E-state index in [-0.39, 0.29) is 11.9 Å². The fourth-order valence-corrected chi connectivity index (χ4v) is 2.53. The molecule has 126 valence electrons. The molecular weight excluding hydrogens is 336 g/mol. The Morgan fingerprint density at radius 1 is 1.08 bits per heavy atom. The summed E-state index contributed by atoms with van der Waals surface area (Å²) < 4.78 is 0. The number of hydrogen-bond acceptors (Lipinski definition) is 4. The molecule has 3 aromatic rings. The molecule has 25 heavy (non-hydrogen) atoms. The number of hydrogen-bond donors (Lipinski definition) is 2. The minimum Gasteiger partial charge on any atom is -0.344 e. The molecule has 0 fully saturated rings. The predicted octanol–water partition coefficient (Wildman–Crippen LogP) is 4.36. The summed E-state index contributed by atoms with van der Waals surface area (Å²) in [4.78, 5) is 20.8. The van der Waals surface area contributed by atoms with Gasteiger partial charge < -0.3 is 10.6 Å². The average Bonchev–Trinajstić information content (AvgIpc) is 2.62. The Balaban J connectivity index is 1.71. The van der Waals surface area contributed by atoms with Gasteiger partial charge in [0.15, 0.2) is 0 Å². The van der Waals surface area contributed by atoms with Crippen molar-refractivity contribution in [2.45, 2.75) is 13.0 Å². The maximum atomic E-state index is 12.4. The lowest BCUT2D eigenvalue weighted by Crippen LogP contribution is -2.27. The van der Waals surface area contributed by atoms with Gasteiger partial charge in [0.2, 0.25) is 5.95 Å². The highest BCUT2D eigenvalue weighted by Crippen LogP contribution is 2.18. The van der Waals surface area contributed by atoms with E-state index in [0.29, 0.717) is 16.7 Å². The van der Waals surface area contributed by atoms with Gasteiger partial charge in [-0.05, 0) is 36.8 Å². The molecule has 0 saturated carbocycles. The van der Waals surface area contributed by atoms with Crippen LogP contribution in [-0.2, 0) is 0 Å². The fourth-order valence-electron chi connectivity index (χ4n) is 2.34. The first-order valence-corrected chi connectivity index (χ1v) is 8.21. The average molecular weight is 353 g/mol. The first-order valence-electron chi connectivity index (χ1n) is 7.83. The van der Waals surface area contributed by atoms with E-state index in [1.807, 2.05) is 49.4 Å². The zero-order chi connectivity index (χ0) is 17.6. The number of aromatic nitrogens is 2. The maximum absolute atomic E-state index is 12.4. The lowest BCUT2D eigenvalue weighted by atomic mass is 10.1. The minimum atomic E-state index is -0.257. The Morgan fingerprint density at radius 3 is 2.64 bits per heavy atom. The quantitative estimate of drug-likeness (QED) is 0.715. The van der Waals surface area contributed by atoms with Crippen LogP contribution >= 0.6 is 11.6 Å². The highest BCUT2D eigenvalue weighted by molar-refractivity contribution is 6.30. The zero-order valence-electron chi connectivity index (χ0n) is 13.6. The number of halogens is 1. The van der Waals surface area contributed by atoms with E-state index in [2.05, 4.69) is 20.6 Å². The number of amides is 1. The van der Waals surface area contributed by atoms with Crippen molar-refractivity contribution in [2.75, 3.05) is 5.32 Å². The molecule has 2 N–H and O–H groups in total. The van der Waals surface area contributed by atoms with Crippen LogP contribution in [0, 0.1) is 0 Å². The van der Waals surface area contributed by atoms with E-state index in [1.165, 1.54) is 0 Å². The van der Waals surface area contributed by atoms with Crippen LogP contribution in [0.25, 0.3) is 0 Å². The Labute approximate surface area is 151 Å². The third-order valence-corrected chi connectivity index (χ3v) is 3.85. The van der Waals surface area contributed by atoms with Crippen molar-refractivity contribution in [1.29, 1.82) is 0 Å². The monoisotopic (exact) mass is 352 g/mol. The van der Waals surface area contributed by atoms with Gasteiger partial charge in [-0.15, -0.1) is 0 Å². The van der Waals surface area contributed by atoms with Crippen LogP contribution in [0.5, 0.6) is 0 Å². The molecule has 0 spiro atoms. The van der Waals surface area contributed by atoms with Crippen molar-refractivity contribution in [3.05, 3.63) is 83.1 Å². The first kappa shape index (κ1) is 16.9. The van der Waals surface area contributed by atoms with Crippen LogP contribution in [0.2, 0.25) is 5.02 Å². The summed E-state index contributed by atoms with van der Waals surface area (Å²) in [7, 11) is 0. The lowest BCUT2D eigenvalue weighted by Gasteiger charge is -2.14. The molecule has 0 aliphatic heterocycles. The number of nitrogens with one attached hydrogen (secondary N) is 2. The van der Waals surface area contributed by atoms with Gasteiger partial charge in [-0.25, -0.2) is 9.97 Å². The summed E-state index contributed by atoms with van der Waals surface area (Å²) in [5.41, 5.74) is 2.08. The number of benzene rings is 2. The summed E-state index contributed by atoms with van der Waals surface area (Å²) in [5, 5.41) is 6.58. The zero-order valence-corrected chi connectivity index (χ0v) is 14.4. The largest absolute Gasteiger partial charge is 0.344 e. The normalized spacial score (nSPS) is 11.6. The molecule has 6 heteroatoms. The van der Waals surface area contributed by atoms with Crippen molar-refractivity contribution in [2.24, 2.45) is 0 Å². The van der Waals surface area contributed by atoms with Gasteiger partial charge in [-0.3, -0.25) is 4.79 Å². The Hall–Kier alpha value is -2.92. The van der Waals surface area contributed by atoms with E-state index < -0.39 is 0 Å². The number of rotatable bonds is 5. The summed E-state index contributed by atoms with van der Waals surface area (Å²) in [5.74, 6) is 0.0789. The van der Waals surface area contributed by atoms with E-state index in [0.717, 1.165) is 11.3 Å². The second-order valence-corrected chi connectivity index (χ2v) is 5.94. The third-order valence-electron chi connectivity index (χ3n) is 3.62. The Bertz CT molecular complexity index is 870. The number of anilines is 2. The highest BCUT2D eigenvalue weighted by atomic mass is 35.5. The van der Waals surface area contributed by atoms with Gasteiger partial charge in [0, 0.05) is 16.9 Å². The fraction of sp³-hybridized carbons (Fsp3) is 0.105. The Kier molecular flexibility index (Phi) is 5.26. The molecule has 1 atom stereocenters. The van der Waals surface area contributed by atoms with Gasteiger partial charge in [0.1, 0.15) is 5.69 Å². The molecule has 0 bridgehead atoms. The second kappa shape index (κ2) is 7.77. The molecule has 1 amide bonds. The van der Waals surface area contributed by atoms with E-state index in [9.17, 15) is 4.79 Å². The molecule has 0 aliphatic carbocycles. The topological polar surface area (TPSA) is 66.9 Å². The maximum Gasteiger partial charge on any atom is 0.270 e. The molecule has 0 aliphatic rings. The standard InChI is InChI=1S/C19H17ClN4O/c1-13(14-6-3-2-4-7-14)22-18(25)17-10-11-21-19(24-17)23-16-9-5-8-15(20)12-16/h2-13H,1H3,(H,22,25)(H,21,23,24).